The van der Waals surface area contributed by atoms with Gasteiger partial charge in [0, 0.05) is 25.7 Å². The summed E-state index contributed by atoms with van der Waals surface area (Å²) in [6, 6.07) is 71.6. The quantitative estimate of drug-likeness (QED) is 0.162. The van der Waals surface area contributed by atoms with Gasteiger partial charge in [-0.1, -0.05) is 188 Å². The van der Waals surface area contributed by atoms with Gasteiger partial charge in [-0.25, -0.2) is 0 Å². The van der Waals surface area contributed by atoms with Crippen LogP contribution in [0.1, 0.15) is 0 Å². The first-order valence-corrected chi connectivity index (χ1v) is 19.1. The lowest BCUT2D eigenvalue weighted by atomic mass is 9.85. The minimum atomic E-state index is 1.21. The van der Waals surface area contributed by atoms with Crippen LogP contribution in [-0.4, -0.2) is 0 Å². The second-order valence-corrected chi connectivity index (χ2v) is 15.0. The molecule has 11 rings (SSSR count). The standard InChI is InChI=1S/C52H32S/c1-2-14-37-32-38(29-24-33(37)12-1)40-16-6-5-15-39(40)35-25-27-36(28-26-35)49-42-18-7-9-20-44(42)50(45-21-10-8-19-43(45)49)48-23-11-22-46-47-31-30-34-13-3-4-17-41(34)51(47)53-52(46)48/h1-32H. The summed E-state index contributed by atoms with van der Waals surface area (Å²) in [5.41, 5.74) is 10.0. The molecule has 53 heavy (non-hydrogen) atoms. The maximum Gasteiger partial charge on any atom is 0.0434 e. The maximum absolute atomic E-state index is 2.33. The molecule has 0 unspecified atom stereocenters. The summed E-state index contributed by atoms with van der Waals surface area (Å²) >= 11 is 1.93. The van der Waals surface area contributed by atoms with E-state index in [1.165, 1.54) is 108 Å². The van der Waals surface area contributed by atoms with Crippen molar-refractivity contribution in [3.05, 3.63) is 194 Å². The predicted molar refractivity (Wildman–Crippen MR) is 231 cm³/mol. The molecule has 0 aliphatic carbocycles. The summed E-state index contributed by atoms with van der Waals surface area (Å²) in [4.78, 5) is 0. The van der Waals surface area contributed by atoms with Crippen LogP contribution in [0.2, 0.25) is 0 Å². The molecule has 0 N–H and O–H groups in total. The van der Waals surface area contributed by atoms with Gasteiger partial charge in [0.2, 0.25) is 0 Å². The van der Waals surface area contributed by atoms with Crippen molar-refractivity contribution in [2.75, 3.05) is 0 Å². The summed E-state index contributed by atoms with van der Waals surface area (Å²) in [6.45, 7) is 0. The zero-order valence-electron chi connectivity index (χ0n) is 28.9. The highest BCUT2D eigenvalue weighted by molar-refractivity contribution is 7.27. The molecule has 0 aliphatic heterocycles. The van der Waals surface area contributed by atoms with Crippen LogP contribution in [-0.2, 0) is 0 Å². The highest BCUT2D eigenvalue weighted by Gasteiger charge is 2.20. The maximum atomic E-state index is 2.33. The van der Waals surface area contributed by atoms with Crippen molar-refractivity contribution < 1.29 is 0 Å². The van der Waals surface area contributed by atoms with Crippen LogP contribution in [0, 0.1) is 0 Å². The molecule has 246 valence electrons. The van der Waals surface area contributed by atoms with Crippen molar-refractivity contribution in [2.45, 2.75) is 0 Å². The topological polar surface area (TPSA) is 0 Å². The molecule has 1 aromatic heterocycles. The normalized spacial score (nSPS) is 11.8. The smallest absolute Gasteiger partial charge is 0.0434 e. The Morgan fingerprint density at radius 2 is 0.717 bits per heavy atom. The Labute approximate surface area is 311 Å². The highest BCUT2D eigenvalue weighted by Crippen LogP contribution is 2.49. The fourth-order valence-electron chi connectivity index (χ4n) is 8.61. The Kier molecular flexibility index (Phi) is 6.83. The summed E-state index contributed by atoms with van der Waals surface area (Å²) < 4.78 is 2.70. The van der Waals surface area contributed by atoms with E-state index in [1.807, 2.05) is 11.3 Å². The monoisotopic (exact) mass is 688 g/mol. The minimum absolute atomic E-state index is 1.21. The Hall–Kier alpha value is -6.54. The van der Waals surface area contributed by atoms with Crippen LogP contribution >= 0.6 is 11.3 Å². The number of hydrogen-bond donors (Lipinski definition) is 0. The molecule has 0 bridgehead atoms. The van der Waals surface area contributed by atoms with Crippen LogP contribution in [0.15, 0.2) is 194 Å². The Bertz CT molecular complexity index is 3160. The van der Waals surface area contributed by atoms with Gasteiger partial charge in [-0.05, 0) is 88.1 Å². The van der Waals surface area contributed by atoms with Gasteiger partial charge in [0.05, 0.1) is 0 Å². The number of hydrogen-bond acceptors (Lipinski definition) is 1. The molecule has 0 spiro atoms. The average Bonchev–Trinajstić information content (AvgIpc) is 3.63. The van der Waals surface area contributed by atoms with Gasteiger partial charge in [0.25, 0.3) is 0 Å². The van der Waals surface area contributed by atoms with Gasteiger partial charge in [-0.3, -0.25) is 0 Å². The third kappa shape index (κ3) is 4.75. The van der Waals surface area contributed by atoms with E-state index >= 15 is 0 Å². The van der Waals surface area contributed by atoms with Crippen LogP contribution in [0.4, 0.5) is 0 Å². The van der Waals surface area contributed by atoms with Crippen molar-refractivity contribution >= 4 is 74.6 Å². The molecule has 0 fully saturated rings. The first-order valence-electron chi connectivity index (χ1n) is 18.3. The van der Waals surface area contributed by atoms with E-state index in [4.69, 9.17) is 0 Å². The van der Waals surface area contributed by atoms with Gasteiger partial charge in [0.1, 0.15) is 0 Å². The molecule has 0 nitrogen and oxygen atoms in total. The number of thiophene rings is 1. The molecule has 0 amide bonds. The second kappa shape index (κ2) is 12.0. The molecule has 0 saturated carbocycles. The number of rotatable bonds is 4. The molecule has 0 aliphatic rings. The molecule has 0 radical (unpaired) electrons. The Morgan fingerprint density at radius 3 is 1.43 bits per heavy atom. The average molecular weight is 689 g/mol. The van der Waals surface area contributed by atoms with E-state index in [1.54, 1.807) is 0 Å². The summed E-state index contributed by atoms with van der Waals surface area (Å²) in [5, 5.41) is 12.9. The van der Waals surface area contributed by atoms with Crippen LogP contribution in [0.3, 0.4) is 0 Å². The zero-order valence-corrected chi connectivity index (χ0v) is 29.7. The lowest BCUT2D eigenvalue weighted by molar-refractivity contribution is 1.59. The number of benzene rings is 10. The van der Waals surface area contributed by atoms with Crippen LogP contribution < -0.4 is 0 Å². The molecular formula is C52H32S. The molecule has 1 heteroatoms. The predicted octanol–water partition coefficient (Wildman–Crippen LogP) is 15.3. The van der Waals surface area contributed by atoms with Gasteiger partial charge in [-0.2, -0.15) is 0 Å². The van der Waals surface area contributed by atoms with Crippen LogP contribution in [0.25, 0.3) is 108 Å². The van der Waals surface area contributed by atoms with Crippen molar-refractivity contribution in [3.63, 3.8) is 0 Å². The Balaban J connectivity index is 1.09. The van der Waals surface area contributed by atoms with E-state index in [-0.39, 0.29) is 0 Å². The third-order valence-corrected chi connectivity index (χ3v) is 12.3. The van der Waals surface area contributed by atoms with E-state index in [0.29, 0.717) is 0 Å². The summed E-state index contributed by atoms with van der Waals surface area (Å²) in [5.74, 6) is 0. The van der Waals surface area contributed by atoms with Crippen molar-refractivity contribution in [2.24, 2.45) is 0 Å². The lowest BCUT2D eigenvalue weighted by Gasteiger charge is -2.18. The third-order valence-electron chi connectivity index (χ3n) is 11.1. The van der Waals surface area contributed by atoms with Crippen molar-refractivity contribution in [1.29, 1.82) is 0 Å². The first kappa shape index (κ1) is 30.1. The van der Waals surface area contributed by atoms with Crippen LogP contribution in [0.5, 0.6) is 0 Å². The fraction of sp³-hybridized carbons (Fsp3) is 0. The number of fused-ring (bicyclic) bond motifs is 8. The minimum Gasteiger partial charge on any atom is -0.134 e. The van der Waals surface area contributed by atoms with Crippen molar-refractivity contribution in [1.82, 2.24) is 0 Å². The summed E-state index contributed by atoms with van der Waals surface area (Å²) in [7, 11) is 0. The van der Waals surface area contributed by atoms with E-state index in [0.717, 1.165) is 0 Å². The van der Waals surface area contributed by atoms with Gasteiger partial charge in [-0.15, -0.1) is 11.3 Å². The van der Waals surface area contributed by atoms with Gasteiger partial charge >= 0.3 is 0 Å². The largest absolute Gasteiger partial charge is 0.134 e. The summed E-state index contributed by atoms with van der Waals surface area (Å²) in [6.07, 6.45) is 0. The first-order chi connectivity index (χ1) is 26.3. The molecule has 10 aromatic carbocycles. The van der Waals surface area contributed by atoms with E-state index in [9.17, 15) is 0 Å². The molecule has 1 heterocycles. The van der Waals surface area contributed by atoms with E-state index in [2.05, 4.69) is 194 Å². The van der Waals surface area contributed by atoms with Gasteiger partial charge in [0.15, 0.2) is 0 Å². The van der Waals surface area contributed by atoms with Crippen molar-refractivity contribution in [3.8, 4) is 44.5 Å². The second-order valence-electron chi connectivity index (χ2n) is 14.0. The molecule has 0 atom stereocenters. The molecular weight excluding hydrogens is 657 g/mol. The Morgan fingerprint density at radius 1 is 0.245 bits per heavy atom. The van der Waals surface area contributed by atoms with E-state index < -0.39 is 0 Å². The lowest BCUT2D eigenvalue weighted by Crippen LogP contribution is -1.91. The highest BCUT2D eigenvalue weighted by atomic mass is 32.1. The molecule has 0 saturated heterocycles. The van der Waals surface area contributed by atoms with Gasteiger partial charge < -0.3 is 0 Å². The fourth-order valence-corrected chi connectivity index (χ4v) is 9.97. The SMILES string of the molecule is c1ccc(-c2ccc3ccccc3c2)c(-c2ccc(-c3c4ccccc4c(-c4cccc5c4sc4c6ccccc6ccc54)c4ccccc34)cc2)c1. The zero-order chi connectivity index (χ0) is 34.9. The molecule has 11 aromatic rings.